The SMILES string of the molecule is Cc1cncc(C(C)CC(C)O)c1. The molecule has 2 atom stereocenters. The van der Waals surface area contributed by atoms with Crippen LogP contribution < -0.4 is 0 Å². The van der Waals surface area contributed by atoms with Crippen LogP contribution >= 0.6 is 0 Å². The van der Waals surface area contributed by atoms with E-state index in [9.17, 15) is 5.11 Å². The number of aromatic nitrogens is 1. The first-order valence-electron chi connectivity index (χ1n) is 4.69. The van der Waals surface area contributed by atoms with Crippen molar-refractivity contribution in [2.24, 2.45) is 0 Å². The van der Waals surface area contributed by atoms with Gasteiger partial charge in [-0.1, -0.05) is 13.0 Å². The number of pyridine rings is 1. The first-order valence-corrected chi connectivity index (χ1v) is 4.69. The third kappa shape index (κ3) is 3.15. The molecule has 1 N–H and O–H groups in total. The molecule has 0 saturated carbocycles. The van der Waals surface area contributed by atoms with E-state index >= 15 is 0 Å². The maximum absolute atomic E-state index is 9.23. The van der Waals surface area contributed by atoms with Crippen molar-refractivity contribution in [3.8, 4) is 0 Å². The molecule has 0 amide bonds. The van der Waals surface area contributed by atoms with Crippen LogP contribution in [0.15, 0.2) is 18.5 Å². The third-order valence-corrected chi connectivity index (χ3v) is 2.16. The normalized spacial score (nSPS) is 15.4. The summed E-state index contributed by atoms with van der Waals surface area (Å²) < 4.78 is 0. The summed E-state index contributed by atoms with van der Waals surface area (Å²) in [6, 6.07) is 2.13. The standard InChI is InChI=1S/C11H17NO/c1-8-4-11(7-12-6-8)9(2)5-10(3)13/h4,6-7,9-10,13H,5H2,1-3H3. The Morgan fingerprint density at radius 2 is 2.08 bits per heavy atom. The van der Waals surface area contributed by atoms with Gasteiger partial charge in [0.25, 0.3) is 0 Å². The number of aliphatic hydroxyl groups excluding tert-OH is 1. The predicted molar refractivity (Wildman–Crippen MR) is 53.7 cm³/mol. The van der Waals surface area contributed by atoms with E-state index < -0.39 is 0 Å². The average molecular weight is 179 g/mol. The first-order chi connectivity index (χ1) is 6.09. The van der Waals surface area contributed by atoms with Crippen molar-refractivity contribution in [2.75, 3.05) is 0 Å². The van der Waals surface area contributed by atoms with Gasteiger partial charge < -0.3 is 5.11 Å². The summed E-state index contributed by atoms with van der Waals surface area (Å²) in [5.74, 6) is 0.382. The molecule has 2 heteroatoms. The van der Waals surface area contributed by atoms with Crippen molar-refractivity contribution >= 4 is 0 Å². The summed E-state index contributed by atoms with van der Waals surface area (Å²) in [5, 5.41) is 9.23. The van der Waals surface area contributed by atoms with Crippen molar-refractivity contribution < 1.29 is 5.11 Å². The molecular weight excluding hydrogens is 162 g/mol. The van der Waals surface area contributed by atoms with Gasteiger partial charge in [0.15, 0.2) is 0 Å². The van der Waals surface area contributed by atoms with Gasteiger partial charge in [0.05, 0.1) is 6.10 Å². The molecule has 0 spiro atoms. The average Bonchev–Trinajstić information content (AvgIpc) is 2.03. The second-order valence-corrected chi connectivity index (χ2v) is 3.78. The molecule has 1 rings (SSSR count). The molecule has 0 fully saturated rings. The molecule has 1 aromatic rings. The Bertz CT molecular complexity index is 271. The number of hydrogen-bond donors (Lipinski definition) is 1. The van der Waals surface area contributed by atoms with Crippen LogP contribution in [0.3, 0.4) is 0 Å². The molecule has 72 valence electrons. The largest absolute Gasteiger partial charge is 0.393 e. The Morgan fingerprint density at radius 1 is 1.38 bits per heavy atom. The molecule has 0 aliphatic rings. The van der Waals surface area contributed by atoms with E-state index in [4.69, 9.17) is 0 Å². The van der Waals surface area contributed by atoms with E-state index in [-0.39, 0.29) is 6.10 Å². The summed E-state index contributed by atoms with van der Waals surface area (Å²) in [7, 11) is 0. The quantitative estimate of drug-likeness (QED) is 0.772. The Hall–Kier alpha value is -0.890. The molecule has 0 aromatic carbocycles. The number of nitrogens with zero attached hydrogens (tertiary/aromatic N) is 1. The molecule has 1 heterocycles. The summed E-state index contributed by atoms with van der Waals surface area (Å²) >= 11 is 0. The lowest BCUT2D eigenvalue weighted by atomic mass is 9.96. The predicted octanol–water partition coefficient (Wildman–Crippen LogP) is 2.26. The maximum Gasteiger partial charge on any atom is 0.0517 e. The van der Waals surface area contributed by atoms with E-state index in [1.807, 2.05) is 26.2 Å². The Balaban J connectivity index is 2.71. The van der Waals surface area contributed by atoms with Crippen LogP contribution in [0.5, 0.6) is 0 Å². The van der Waals surface area contributed by atoms with Gasteiger partial charge in [-0.3, -0.25) is 4.98 Å². The van der Waals surface area contributed by atoms with Gasteiger partial charge in [0, 0.05) is 12.4 Å². The smallest absolute Gasteiger partial charge is 0.0517 e. The van der Waals surface area contributed by atoms with Crippen molar-refractivity contribution in [2.45, 2.75) is 39.2 Å². The lowest BCUT2D eigenvalue weighted by Crippen LogP contribution is -2.06. The molecule has 1 aromatic heterocycles. The molecule has 0 bridgehead atoms. The van der Waals surface area contributed by atoms with E-state index in [0.717, 1.165) is 6.42 Å². The zero-order valence-electron chi connectivity index (χ0n) is 8.49. The summed E-state index contributed by atoms with van der Waals surface area (Å²) in [6.45, 7) is 5.97. The first kappa shape index (κ1) is 10.2. The number of rotatable bonds is 3. The van der Waals surface area contributed by atoms with Crippen LogP contribution in [-0.2, 0) is 0 Å². The fourth-order valence-electron chi connectivity index (χ4n) is 1.50. The minimum Gasteiger partial charge on any atom is -0.393 e. The van der Waals surface area contributed by atoms with Gasteiger partial charge in [-0.15, -0.1) is 0 Å². The fourth-order valence-corrected chi connectivity index (χ4v) is 1.50. The lowest BCUT2D eigenvalue weighted by Gasteiger charge is -2.13. The minimum absolute atomic E-state index is 0.240. The highest BCUT2D eigenvalue weighted by molar-refractivity contribution is 5.20. The van der Waals surface area contributed by atoms with Crippen molar-refractivity contribution in [3.05, 3.63) is 29.6 Å². The fraction of sp³-hybridized carbons (Fsp3) is 0.545. The number of aryl methyl sites for hydroxylation is 1. The zero-order valence-corrected chi connectivity index (χ0v) is 8.49. The van der Waals surface area contributed by atoms with Gasteiger partial charge in [-0.05, 0) is 37.3 Å². The van der Waals surface area contributed by atoms with Crippen LogP contribution in [0.1, 0.15) is 37.3 Å². The Morgan fingerprint density at radius 3 is 2.62 bits per heavy atom. The van der Waals surface area contributed by atoms with E-state index in [1.165, 1.54) is 11.1 Å². The summed E-state index contributed by atoms with van der Waals surface area (Å²) in [5.41, 5.74) is 2.39. The van der Waals surface area contributed by atoms with Crippen molar-refractivity contribution in [1.29, 1.82) is 0 Å². The van der Waals surface area contributed by atoms with Crippen LogP contribution in [0.25, 0.3) is 0 Å². The van der Waals surface area contributed by atoms with E-state index in [2.05, 4.69) is 18.0 Å². The van der Waals surface area contributed by atoms with Gasteiger partial charge in [0.2, 0.25) is 0 Å². The second kappa shape index (κ2) is 4.38. The molecule has 0 saturated heterocycles. The van der Waals surface area contributed by atoms with Crippen LogP contribution in [0.4, 0.5) is 0 Å². The van der Waals surface area contributed by atoms with Gasteiger partial charge >= 0.3 is 0 Å². The van der Waals surface area contributed by atoms with E-state index in [0.29, 0.717) is 5.92 Å². The Kier molecular flexibility index (Phi) is 3.43. The van der Waals surface area contributed by atoms with Gasteiger partial charge in [-0.2, -0.15) is 0 Å². The highest BCUT2D eigenvalue weighted by Gasteiger charge is 2.08. The van der Waals surface area contributed by atoms with Crippen LogP contribution in [-0.4, -0.2) is 16.2 Å². The number of hydrogen-bond acceptors (Lipinski definition) is 2. The van der Waals surface area contributed by atoms with E-state index in [1.54, 1.807) is 0 Å². The minimum atomic E-state index is -0.240. The highest BCUT2D eigenvalue weighted by atomic mass is 16.3. The molecule has 0 aliphatic carbocycles. The molecule has 13 heavy (non-hydrogen) atoms. The topological polar surface area (TPSA) is 33.1 Å². The van der Waals surface area contributed by atoms with Crippen LogP contribution in [0, 0.1) is 6.92 Å². The highest BCUT2D eigenvalue weighted by Crippen LogP contribution is 2.20. The second-order valence-electron chi connectivity index (χ2n) is 3.78. The molecule has 0 aliphatic heterocycles. The molecule has 0 radical (unpaired) electrons. The monoisotopic (exact) mass is 179 g/mol. The molecular formula is C11H17NO. The van der Waals surface area contributed by atoms with Gasteiger partial charge in [-0.25, -0.2) is 0 Å². The lowest BCUT2D eigenvalue weighted by molar-refractivity contribution is 0.176. The Labute approximate surface area is 79.6 Å². The maximum atomic E-state index is 9.23. The summed E-state index contributed by atoms with van der Waals surface area (Å²) in [6.07, 6.45) is 4.28. The van der Waals surface area contributed by atoms with Crippen molar-refractivity contribution in [1.82, 2.24) is 4.98 Å². The summed E-state index contributed by atoms with van der Waals surface area (Å²) in [4.78, 5) is 4.13. The van der Waals surface area contributed by atoms with Crippen molar-refractivity contribution in [3.63, 3.8) is 0 Å². The van der Waals surface area contributed by atoms with Gasteiger partial charge in [0.1, 0.15) is 0 Å². The molecule has 2 nitrogen and oxygen atoms in total. The van der Waals surface area contributed by atoms with Crippen LogP contribution in [0.2, 0.25) is 0 Å². The zero-order chi connectivity index (χ0) is 9.84. The molecule has 2 unspecified atom stereocenters. The number of aliphatic hydroxyl groups is 1. The third-order valence-electron chi connectivity index (χ3n) is 2.16.